The van der Waals surface area contributed by atoms with Crippen LogP contribution >= 0.6 is 11.6 Å². The number of carboxylic acids is 1. The molecule has 0 aliphatic carbocycles. The normalized spacial score (nSPS) is 11.9. The van der Waals surface area contributed by atoms with Crippen molar-refractivity contribution in [3.05, 3.63) is 64.7 Å². The molecule has 0 fully saturated rings. The zero-order chi connectivity index (χ0) is 14.5. The highest BCUT2D eigenvalue weighted by Crippen LogP contribution is 2.20. The van der Waals surface area contributed by atoms with Crippen molar-refractivity contribution in [1.82, 2.24) is 0 Å². The van der Waals surface area contributed by atoms with Gasteiger partial charge in [0.2, 0.25) is 0 Å². The van der Waals surface area contributed by atoms with Crippen molar-refractivity contribution in [2.75, 3.05) is 0 Å². The first kappa shape index (κ1) is 14.4. The molecule has 20 heavy (non-hydrogen) atoms. The van der Waals surface area contributed by atoms with E-state index in [1.54, 1.807) is 18.2 Å². The van der Waals surface area contributed by atoms with Crippen LogP contribution in [0.25, 0.3) is 0 Å². The molecule has 1 atom stereocenters. The molecule has 0 aliphatic rings. The molecule has 0 spiro atoms. The lowest BCUT2D eigenvalue weighted by atomic mass is 10.1. The highest BCUT2D eigenvalue weighted by atomic mass is 35.5. The number of aryl methyl sites for hydroxylation is 1. The number of benzene rings is 2. The van der Waals surface area contributed by atoms with Gasteiger partial charge in [-0.05, 0) is 36.2 Å². The standard InChI is InChI=1S/C16H15ClO3/c1-11-5-4-7-13(9-11)20-15(16(18)19)10-12-6-2-3-8-14(12)17/h2-9,15H,10H2,1H3,(H,18,19)/t15-/m1/s1. The van der Waals surface area contributed by atoms with E-state index in [2.05, 4.69) is 0 Å². The summed E-state index contributed by atoms with van der Waals surface area (Å²) in [6, 6.07) is 14.5. The Morgan fingerprint density at radius 3 is 2.65 bits per heavy atom. The highest BCUT2D eigenvalue weighted by molar-refractivity contribution is 6.31. The van der Waals surface area contributed by atoms with Crippen molar-refractivity contribution in [3.8, 4) is 5.75 Å². The lowest BCUT2D eigenvalue weighted by Gasteiger charge is -2.16. The van der Waals surface area contributed by atoms with Crippen LogP contribution in [0.1, 0.15) is 11.1 Å². The Bertz CT molecular complexity index is 610. The monoisotopic (exact) mass is 290 g/mol. The molecule has 0 aliphatic heterocycles. The molecule has 2 aromatic rings. The summed E-state index contributed by atoms with van der Waals surface area (Å²) in [5.74, 6) is -0.462. The largest absolute Gasteiger partial charge is 0.478 e. The lowest BCUT2D eigenvalue weighted by Crippen LogP contribution is -2.29. The third-order valence-corrected chi connectivity index (χ3v) is 3.28. The summed E-state index contributed by atoms with van der Waals surface area (Å²) in [4.78, 5) is 11.3. The van der Waals surface area contributed by atoms with E-state index >= 15 is 0 Å². The maximum atomic E-state index is 11.3. The summed E-state index contributed by atoms with van der Waals surface area (Å²) in [6.45, 7) is 1.93. The average Bonchev–Trinajstić information content (AvgIpc) is 2.40. The first-order chi connectivity index (χ1) is 9.56. The van der Waals surface area contributed by atoms with Crippen LogP contribution in [0.4, 0.5) is 0 Å². The van der Waals surface area contributed by atoms with E-state index in [4.69, 9.17) is 16.3 Å². The molecule has 2 aromatic carbocycles. The summed E-state index contributed by atoms with van der Waals surface area (Å²) in [5.41, 5.74) is 1.78. The van der Waals surface area contributed by atoms with E-state index in [-0.39, 0.29) is 6.42 Å². The van der Waals surface area contributed by atoms with E-state index < -0.39 is 12.1 Å². The van der Waals surface area contributed by atoms with Crippen molar-refractivity contribution in [3.63, 3.8) is 0 Å². The molecule has 0 saturated carbocycles. The van der Waals surface area contributed by atoms with Crippen LogP contribution in [0, 0.1) is 6.92 Å². The predicted octanol–water partition coefficient (Wildman–Crippen LogP) is 3.72. The fourth-order valence-electron chi connectivity index (χ4n) is 1.90. The Hall–Kier alpha value is -2.00. The molecule has 0 radical (unpaired) electrons. The Morgan fingerprint density at radius 1 is 1.25 bits per heavy atom. The van der Waals surface area contributed by atoms with Crippen molar-refractivity contribution in [1.29, 1.82) is 0 Å². The van der Waals surface area contributed by atoms with Crippen molar-refractivity contribution >= 4 is 17.6 Å². The molecule has 2 rings (SSSR count). The van der Waals surface area contributed by atoms with Crippen LogP contribution < -0.4 is 4.74 Å². The molecule has 3 nitrogen and oxygen atoms in total. The number of carbonyl (C=O) groups is 1. The van der Waals surface area contributed by atoms with Crippen LogP contribution in [0.3, 0.4) is 0 Å². The second kappa shape index (κ2) is 6.44. The number of ether oxygens (including phenoxy) is 1. The van der Waals surface area contributed by atoms with Gasteiger partial charge in [-0.2, -0.15) is 0 Å². The summed E-state index contributed by atoms with van der Waals surface area (Å²) in [7, 11) is 0. The molecule has 104 valence electrons. The number of aliphatic carboxylic acids is 1. The number of halogens is 1. The van der Waals surface area contributed by atoms with Crippen molar-refractivity contribution in [2.24, 2.45) is 0 Å². The van der Waals surface area contributed by atoms with E-state index in [1.165, 1.54) is 0 Å². The quantitative estimate of drug-likeness (QED) is 0.913. The van der Waals surface area contributed by atoms with Gasteiger partial charge in [0.15, 0.2) is 6.10 Å². The van der Waals surface area contributed by atoms with Gasteiger partial charge in [0.25, 0.3) is 0 Å². The minimum absolute atomic E-state index is 0.225. The maximum absolute atomic E-state index is 11.3. The zero-order valence-corrected chi connectivity index (χ0v) is 11.8. The molecule has 0 aromatic heterocycles. The summed E-state index contributed by atoms with van der Waals surface area (Å²) in [5, 5.41) is 9.84. The fraction of sp³-hybridized carbons (Fsp3) is 0.188. The molecular formula is C16H15ClO3. The van der Waals surface area contributed by atoms with Crippen LogP contribution in [-0.4, -0.2) is 17.2 Å². The first-order valence-electron chi connectivity index (χ1n) is 6.26. The van der Waals surface area contributed by atoms with E-state index in [0.717, 1.165) is 11.1 Å². The summed E-state index contributed by atoms with van der Waals surface area (Å²) in [6.07, 6.45) is -0.736. The highest BCUT2D eigenvalue weighted by Gasteiger charge is 2.21. The number of carboxylic acid groups (broad SMARTS) is 1. The molecule has 0 saturated heterocycles. The van der Waals surface area contributed by atoms with Gasteiger partial charge in [-0.3, -0.25) is 0 Å². The topological polar surface area (TPSA) is 46.5 Å². The zero-order valence-electron chi connectivity index (χ0n) is 11.0. The van der Waals surface area contributed by atoms with E-state index in [0.29, 0.717) is 10.8 Å². The molecular weight excluding hydrogens is 276 g/mol. The number of hydrogen-bond acceptors (Lipinski definition) is 2. The molecule has 4 heteroatoms. The Kier molecular flexibility index (Phi) is 4.64. The predicted molar refractivity (Wildman–Crippen MR) is 78.4 cm³/mol. The van der Waals surface area contributed by atoms with Crippen LogP contribution in [0.2, 0.25) is 5.02 Å². The van der Waals surface area contributed by atoms with Gasteiger partial charge in [-0.1, -0.05) is 41.9 Å². The van der Waals surface area contributed by atoms with Crippen molar-refractivity contribution < 1.29 is 14.6 Å². The van der Waals surface area contributed by atoms with Gasteiger partial charge < -0.3 is 9.84 Å². The van der Waals surface area contributed by atoms with Gasteiger partial charge in [-0.25, -0.2) is 4.79 Å². The van der Waals surface area contributed by atoms with Crippen LogP contribution in [0.5, 0.6) is 5.75 Å². The van der Waals surface area contributed by atoms with Gasteiger partial charge in [-0.15, -0.1) is 0 Å². The second-order valence-electron chi connectivity index (χ2n) is 4.56. The average molecular weight is 291 g/mol. The van der Waals surface area contributed by atoms with Gasteiger partial charge >= 0.3 is 5.97 Å². The minimum atomic E-state index is -1.01. The third kappa shape index (κ3) is 3.75. The van der Waals surface area contributed by atoms with Crippen LogP contribution in [-0.2, 0) is 11.2 Å². The fourth-order valence-corrected chi connectivity index (χ4v) is 2.11. The Balaban J connectivity index is 2.16. The smallest absolute Gasteiger partial charge is 0.345 e. The van der Waals surface area contributed by atoms with Gasteiger partial charge in [0, 0.05) is 11.4 Å². The molecule has 0 bridgehead atoms. The Morgan fingerprint density at radius 2 is 2.00 bits per heavy atom. The number of rotatable bonds is 5. The van der Waals surface area contributed by atoms with E-state index in [9.17, 15) is 9.90 Å². The third-order valence-electron chi connectivity index (χ3n) is 2.91. The molecule has 0 heterocycles. The van der Waals surface area contributed by atoms with Crippen molar-refractivity contribution in [2.45, 2.75) is 19.4 Å². The molecule has 0 unspecified atom stereocenters. The maximum Gasteiger partial charge on any atom is 0.345 e. The molecule has 0 amide bonds. The summed E-state index contributed by atoms with van der Waals surface area (Å²) >= 11 is 6.05. The van der Waals surface area contributed by atoms with Gasteiger partial charge in [0.1, 0.15) is 5.75 Å². The molecule has 1 N–H and O–H groups in total. The minimum Gasteiger partial charge on any atom is -0.478 e. The van der Waals surface area contributed by atoms with E-state index in [1.807, 2.05) is 37.3 Å². The lowest BCUT2D eigenvalue weighted by molar-refractivity contribution is -0.145. The van der Waals surface area contributed by atoms with Gasteiger partial charge in [0.05, 0.1) is 0 Å². The Labute approximate surface area is 122 Å². The second-order valence-corrected chi connectivity index (χ2v) is 4.96. The first-order valence-corrected chi connectivity index (χ1v) is 6.63. The number of hydrogen-bond donors (Lipinski definition) is 1. The SMILES string of the molecule is Cc1cccc(O[C@H](Cc2ccccc2Cl)C(=O)O)c1. The summed E-state index contributed by atoms with van der Waals surface area (Å²) < 4.78 is 5.56. The van der Waals surface area contributed by atoms with Crippen LogP contribution in [0.15, 0.2) is 48.5 Å².